The molecule has 0 unspecified atom stereocenters. The van der Waals surface area contributed by atoms with Crippen molar-refractivity contribution in [2.24, 2.45) is 12.5 Å². The molecule has 1 N–H and O–H groups in total. The Bertz CT molecular complexity index is 661. The first-order valence-electron chi connectivity index (χ1n) is 9.10. The van der Waals surface area contributed by atoms with Crippen molar-refractivity contribution in [2.75, 3.05) is 13.1 Å². The third-order valence-corrected chi connectivity index (χ3v) is 6.86. The van der Waals surface area contributed by atoms with Crippen molar-refractivity contribution in [1.29, 1.82) is 0 Å². The third kappa shape index (κ3) is 3.30. The summed E-state index contributed by atoms with van der Waals surface area (Å²) >= 11 is 1.77. The molecule has 24 heavy (non-hydrogen) atoms. The molecular formula is C19H27N3OS. The van der Waals surface area contributed by atoms with E-state index in [4.69, 9.17) is 0 Å². The predicted molar refractivity (Wildman–Crippen MR) is 97.9 cm³/mol. The lowest BCUT2D eigenvalue weighted by atomic mass is 9.67. The van der Waals surface area contributed by atoms with Gasteiger partial charge >= 0.3 is 0 Å². The molecule has 0 amide bonds. The topological polar surface area (TPSA) is 41.3 Å². The summed E-state index contributed by atoms with van der Waals surface area (Å²) < 4.78 is 1.94. The Morgan fingerprint density at radius 2 is 2.00 bits per heavy atom. The Kier molecular flexibility index (Phi) is 4.50. The number of nitrogens with zero attached hydrogens (tertiary/aromatic N) is 3. The Balaban J connectivity index is 1.41. The van der Waals surface area contributed by atoms with Crippen LogP contribution in [0.15, 0.2) is 23.7 Å². The van der Waals surface area contributed by atoms with Gasteiger partial charge in [0.1, 0.15) is 5.69 Å². The maximum atomic E-state index is 9.77. The number of rotatable bonds is 3. The zero-order chi connectivity index (χ0) is 16.6. The zero-order valence-electron chi connectivity index (χ0n) is 14.4. The van der Waals surface area contributed by atoms with Crippen LogP contribution in [0, 0.1) is 5.41 Å². The molecule has 1 aliphatic heterocycles. The highest BCUT2D eigenvalue weighted by molar-refractivity contribution is 7.13. The summed E-state index contributed by atoms with van der Waals surface area (Å²) in [6.07, 6.45) is 9.15. The van der Waals surface area contributed by atoms with Gasteiger partial charge in [-0.05, 0) is 68.5 Å². The van der Waals surface area contributed by atoms with E-state index in [0.717, 1.165) is 25.1 Å². The first kappa shape index (κ1) is 16.3. The van der Waals surface area contributed by atoms with Crippen LogP contribution in [0.3, 0.4) is 0 Å². The minimum atomic E-state index is -0.0441. The Labute approximate surface area is 148 Å². The first-order valence-corrected chi connectivity index (χ1v) is 9.98. The molecule has 2 fully saturated rings. The molecule has 1 saturated carbocycles. The van der Waals surface area contributed by atoms with Crippen molar-refractivity contribution >= 4 is 11.3 Å². The van der Waals surface area contributed by atoms with Crippen LogP contribution < -0.4 is 0 Å². The van der Waals surface area contributed by atoms with Crippen molar-refractivity contribution in [2.45, 2.75) is 51.2 Å². The van der Waals surface area contributed by atoms with Crippen LogP contribution in [0.1, 0.15) is 44.1 Å². The van der Waals surface area contributed by atoms with E-state index in [1.807, 2.05) is 11.7 Å². The molecule has 4 nitrogen and oxygen atoms in total. The standard InChI is InChI=1S/C19H27N3OS/c1-21-13-15(18(20-21)17-3-2-12-24-17)14-22-10-8-19(9-11-22)6-4-16(23)5-7-19/h2-3,12-13,16,23H,4-11,14H2,1H3. The molecule has 130 valence electrons. The maximum Gasteiger partial charge on any atom is 0.107 e. The molecule has 1 aliphatic carbocycles. The van der Waals surface area contributed by atoms with Gasteiger partial charge in [0.15, 0.2) is 0 Å². The van der Waals surface area contributed by atoms with Crippen LogP contribution in [0.2, 0.25) is 0 Å². The normalized spacial score (nSPS) is 22.2. The molecule has 0 bridgehead atoms. The van der Waals surface area contributed by atoms with Gasteiger partial charge in [-0.1, -0.05) is 6.07 Å². The first-order chi connectivity index (χ1) is 11.6. The van der Waals surface area contributed by atoms with E-state index in [2.05, 4.69) is 33.7 Å². The van der Waals surface area contributed by atoms with Crippen LogP contribution in [0.5, 0.6) is 0 Å². The molecule has 0 radical (unpaired) electrons. The molecule has 1 spiro atoms. The average molecular weight is 346 g/mol. The molecule has 0 aromatic carbocycles. The molecular weight excluding hydrogens is 318 g/mol. The van der Waals surface area contributed by atoms with Crippen LogP contribution in [0.4, 0.5) is 0 Å². The van der Waals surface area contributed by atoms with E-state index >= 15 is 0 Å². The highest BCUT2D eigenvalue weighted by Crippen LogP contribution is 2.44. The average Bonchev–Trinajstić information content (AvgIpc) is 3.22. The van der Waals surface area contributed by atoms with Gasteiger partial charge in [0.05, 0.1) is 11.0 Å². The molecule has 2 aliphatic rings. The van der Waals surface area contributed by atoms with Crippen molar-refractivity contribution in [3.05, 3.63) is 29.3 Å². The Morgan fingerprint density at radius 3 is 2.67 bits per heavy atom. The number of piperidine rings is 1. The van der Waals surface area contributed by atoms with E-state index in [1.54, 1.807) is 11.3 Å². The SMILES string of the molecule is Cn1cc(CN2CCC3(CCC(O)CC3)CC2)c(-c2cccs2)n1. The third-order valence-electron chi connectivity index (χ3n) is 5.99. The van der Waals surface area contributed by atoms with Gasteiger partial charge in [-0.25, -0.2) is 0 Å². The van der Waals surface area contributed by atoms with E-state index in [0.29, 0.717) is 5.41 Å². The predicted octanol–water partition coefficient (Wildman–Crippen LogP) is 3.67. The fourth-order valence-electron chi connectivity index (χ4n) is 4.42. The van der Waals surface area contributed by atoms with Crippen LogP contribution in [-0.4, -0.2) is 39.0 Å². The molecule has 5 heteroatoms. The van der Waals surface area contributed by atoms with Gasteiger partial charge in [0, 0.05) is 25.4 Å². The van der Waals surface area contributed by atoms with Gasteiger partial charge in [0.25, 0.3) is 0 Å². The second kappa shape index (κ2) is 6.62. The number of hydrogen-bond donors (Lipinski definition) is 1. The molecule has 4 rings (SSSR count). The maximum absolute atomic E-state index is 9.77. The van der Waals surface area contributed by atoms with E-state index < -0.39 is 0 Å². The van der Waals surface area contributed by atoms with Crippen LogP contribution in [-0.2, 0) is 13.6 Å². The number of likely N-dealkylation sites (tertiary alicyclic amines) is 1. The quantitative estimate of drug-likeness (QED) is 0.923. The molecule has 0 atom stereocenters. The number of aryl methyl sites for hydroxylation is 1. The summed E-state index contributed by atoms with van der Waals surface area (Å²) in [5.74, 6) is 0. The second-order valence-electron chi connectivity index (χ2n) is 7.66. The molecule has 2 aromatic heterocycles. The number of aromatic nitrogens is 2. The highest BCUT2D eigenvalue weighted by Gasteiger charge is 2.37. The lowest BCUT2D eigenvalue weighted by Crippen LogP contribution is -2.42. The molecule has 1 saturated heterocycles. The zero-order valence-corrected chi connectivity index (χ0v) is 15.3. The Hall–Kier alpha value is -1.17. The summed E-state index contributed by atoms with van der Waals surface area (Å²) in [4.78, 5) is 3.85. The second-order valence-corrected chi connectivity index (χ2v) is 8.61. The number of thiophene rings is 1. The van der Waals surface area contributed by atoms with E-state index in [9.17, 15) is 5.11 Å². The van der Waals surface area contributed by atoms with Gasteiger partial charge < -0.3 is 5.11 Å². The van der Waals surface area contributed by atoms with Gasteiger partial charge in [0.2, 0.25) is 0 Å². The monoisotopic (exact) mass is 345 g/mol. The highest BCUT2D eigenvalue weighted by atomic mass is 32.1. The van der Waals surface area contributed by atoms with E-state index in [1.165, 1.54) is 49.2 Å². The molecule has 3 heterocycles. The van der Waals surface area contributed by atoms with Crippen LogP contribution in [0.25, 0.3) is 10.6 Å². The summed E-state index contributed by atoms with van der Waals surface area (Å²) in [7, 11) is 2.01. The number of aliphatic hydroxyl groups excluding tert-OH is 1. The number of aliphatic hydroxyl groups is 1. The smallest absolute Gasteiger partial charge is 0.107 e. The van der Waals surface area contributed by atoms with Crippen LogP contribution >= 0.6 is 11.3 Å². The van der Waals surface area contributed by atoms with Crippen molar-refractivity contribution < 1.29 is 5.11 Å². The number of hydrogen-bond acceptors (Lipinski definition) is 4. The van der Waals surface area contributed by atoms with Crippen molar-refractivity contribution in [3.8, 4) is 10.6 Å². The summed E-state index contributed by atoms with van der Waals surface area (Å²) in [6, 6.07) is 4.26. The summed E-state index contributed by atoms with van der Waals surface area (Å²) in [6.45, 7) is 3.35. The van der Waals surface area contributed by atoms with Gasteiger partial charge in [-0.15, -0.1) is 11.3 Å². The fraction of sp³-hybridized carbons (Fsp3) is 0.632. The molecule has 2 aromatic rings. The largest absolute Gasteiger partial charge is 0.393 e. The lowest BCUT2D eigenvalue weighted by molar-refractivity contribution is 0.0156. The minimum Gasteiger partial charge on any atom is -0.393 e. The van der Waals surface area contributed by atoms with Gasteiger partial charge in [-0.2, -0.15) is 5.10 Å². The fourth-order valence-corrected chi connectivity index (χ4v) is 5.16. The lowest BCUT2D eigenvalue weighted by Gasteiger charge is -2.45. The van der Waals surface area contributed by atoms with Gasteiger partial charge in [-0.3, -0.25) is 9.58 Å². The van der Waals surface area contributed by atoms with Crippen molar-refractivity contribution in [1.82, 2.24) is 14.7 Å². The minimum absolute atomic E-state index is 0.0441. The van der Waals surface area contributed by atoms with Crippen molar-refractivity contribution in [3.63, 3.8) is 0 Å². The Morgan fingerprint density at radius 1 is 1.25 bits per heavy atom. The van der Waals surface area contributed by atoms with E-state index in [-0.39, 0.29) is 6.10 Å². The summed E-state index contributed by atoms with van der Waals surface area (Å²) in [5.41, 5.74) is 3.00. The summed E-state index contributed by atoms with van der Waals surface area (Å²) in [5, 5.41) is 16.6.